The minimum Gasteiger partial charge on any atom is -0.397 e. The van der Waals surface area contributed by atoms with Crippen molar-refractivity contribution in [1.82, 2.24) is 4.72 Å². The fraction of sp³-hybridized carbons (Fsp3) is 0.455. The van der Waals surface area contributed by atoms with Crippen LogP contribution in [-0.2, 0) is 20.8 Å². The molecule has 0 fully saturated rings. The second kappa shape index (κ2) is 6.69. The first-order valence-electron chi connectivity index (χ1n) is 5.68. The number of hydrogen-bond acceptors (Lipinski definition) is 4. The van der Waals surface area contributed by atoms with E-state index < -0.39 is 20.8 Å². The smallest absolute Gasteiger partial charge is 0.240 e. The van der Waals surface area contributed by atoms with Crippen LogP contribution in [0.15, 0.2) is 17.0 Å². The van der Waals surface area contributed by atoms with Gasteiger partial charge in [0.25, 0.3) is 0 Å². The molecule has 0 saturated heterocycles. The molecular weight excluding hydrogens is 308 g/mol. The van der Waals surface area contributed by atoms with Gasteiger partial charge in [-0.15, -0.1) is 0 Å². The van der Waals surface area contributed by atoms with Crippen LogP contribution in [0.1, 0.15) is 12.5 Å². The highest BCUT2D eigenvalue weighted by molar-refractivity contribution is 7.89. The molecule has 1 aromatic rings. The first kappa shape index (κ1) is 16.4. The van der Waals surface area contributed by atoms with E-state index in [1.807, 2.05) is 0 Å². The maximum atomic E-state index is 12.0. The number of nitrogens with two attached hydrogens (primary N) is 1. The Balaban J connectivity index is 2.86. The van der Waals surface area contributed by atoms with Crippen LogP contribution in [0.3, 0.4) is 0 Å². The van der Waals surface area contributed by atoms with E-state index in [1.165, 1.54) is 12.1 Å². The first-order chi connectivity index (χ1) is 8.77. The lowest BCUT2D eigenvalue weighted by atomic mass is 10.2. The Morgan fingerprint density at radius 1 is 1.42 bits per heavy atom. The summed E-state index contributed by atoms with van der Waals surface area (Å²) in [6, 6.07) is 2.77. The molecule has 0 bridgehead atoms. The van der Waals surface area contributed by atoms with Crippen molar-refractivity contribution in [2.24, 2.45) is 0 Å². The molecule has 1 unspecified atom stereocenters. The molecule has 0 spiro atoms. The van der Waals surface area contributed by atoms with Gasteiger partial charge in [0.15, 0.2) is 0 Å². The summed E-state index contributed by atoms with van der Waals surface area (Å²) in [4.78, 5) is 0.0641. The molecule has 0 aliphatic rings. The number of anilines is 1. The van der Waals surface area contributed by atoms with Crippen LogP contribution < -0.4 is 10.5 Å². The minimum atomic E-state index is -3.65. The fourth-order valence-electron chi connectivity index (χ4n) is 1.44. The summed E-state index contributed by atoms with van der Waals surface area (Å²) in [6.07, 6.45) is 0. The summed E-state index contributed by atoms with van der Waals surface area (Å²) in [7, 11) is -4.65. The summed E-state index contributed by atoms with van der Waals surface area (Å²) in [5.74, 6) is 0.798. The second-order valence-corrected chi connectivity index (χ2v) is 7.98. The number of benzene rings is 1. The Hall–Kier alpha value is -0.630. The fourth-order valence-corrected chi connectivity index (χ4v) is 3.44. The number of nitrogen functional groups attached to an aromatic ring is 1. The van der Waals surface area contributed by atoms with Gasteiger partial charge >= 0.3 is 0 Å². The van der Waals surface area contributed by atoms with Crippen LogP contribution in [0.5, 0.6) is 0 Å². The predicted octanol–water partition coefficient (Wildman–Crippen LogP) is 1.28. The largest absolute Gasteiger partial charge is 0.397 e. The Bertz CT molecular complexity index is 565. The Labute approximate surface area is 121 Å². The molecule has 19 heavy (non-hydrogen) atoms. The predicted molar refractivity (Wildman–Crippen MR) is 79.3 cm³/mol. The molecule has 0 heterocycles. The van der Waals surface area contributed by atoms with E-state index in [9.17, 15) is 12.6 Å². The molecule has 0 aromatic heterocycles. The molecule has 5 nitrogen and oxygen atoms in total. The molecule has 0 aliphatic carbocycles. The molecule has 0 radical (unpaired) electrons. The van der Waals surface area contributed by atoms with E-state index in [1.54, 1.807) is 13.8 Å². The first-order valence-corrected chi connectivity index (χ1v) is 9.03. The van der Waals surface area contributed by atoms with Crippen LogP contribution in [-0.4, -0.2) is 30.7 Å². The van der Waals surface area contributed by atoms with Crippen molar-refractivity contribution in [1.29, 1.82) is 0 Å². The van der Waals surface area contributed by atoms with Crippen molar-refractivity contribution >= 4 is 38.1 Å². The average molecular weight is 325 g/mol. The van der Waals surface area contributed by atoms with Crippen LogP contribution in [0.4, 0.5) is 5.69 Å². The van der Waals surface area contributed by atoms with E-state index in [-0.39, 0.29) is 22.9 Å². The second-order valence-electron chi connectivity index (χ2n) is 3.97. The highest BCUT2D eigenvalue weighted by atomic mass is 35.5. The van der Waals surface area contributed by atoms with E-state index in [4.69, 9.17) is 17.3 Å². The summed E-state index contributed by atoms with van der Waals surface area (Å²) >= 11 is 5.88. The lowest BCUT2D eigenvalue weighted by molar-refractivity contribution is 0.584. The zero-order chi connectivity index (χ0) is 14.6. The van der Waals surface area contributed by atoms with Crippen LogP contribution in [0, 0.1) is 6.92 Å². The highest BCUT2D eigenvalue weighted by Crippen LogP contribution is 2.26. The third-order valence-electron chi connectivity index (χ3n) is 2.51. The van der Waals surface area contributed by atoms with Crippen molar-refractivity contribution in [3.63, 3.8) is 0 Å². The summed E-state index contributed by atoms with van der Waals surface area (Å²) < 4.78 is 37.6. The zero-order valence-electron chi connectivity index (χ0n) is 10.8. The monoisotopic (exact) mass is 324 g/mol. The van der Waals surface area contributed by atoms with Crippen LogP contribution >= 0.6 is 11.6 Å². The third-order valence-corrected chi connectivity index (χ3v) is 5.77. The van der Waals surface area contributed by atoms with Gasteiger partial charge < -0.3 is 5.73 Å². The van der Waals surface area contributed by atoms with Crippen molar-refractivity contribution in [3.8, 4) is 0 Å². The lowest BCUT2D eigenvalue weighted by Crippen LogP contribution is -2.28. The van der Waals surface area contributed by atoms with Gasteiger partial charge in [-0.1, -0.05) is 18.5 Å². The van der Waals surface area contributed by atoms with E-state index in [2.05, 4.69) is 4.72 Å². The highest BCUT2D eigenvalue weighted by Gasteiger charge is 2.16. The van der Waals surface area contributed by atoms with Crippen LogP contribution in [0.25, 0.3) is 0 Å². The number of halogens is 1. The molecule has 3 N–H and O–H groups in total. The van der Waals surface area contributed by atoms with Crippen LogP contribution in [0.2, 0.25) is 5.02 Å². The normalized spacial score (nSPS) is 13.4. The third kappa shape index (κ3) is 4.45. The summed E-state index contributed by atoms with van der Waals surface area (Å²) in [5, 5.41) is 0.353. The van der Waals surface area contributed by atoms with Crippen molar-refractivity contribution < 1.29 is 12.6 Å². The standard InChI is InChI=1S/C11H17ClN2O3S2/c1-3-18(15)5-4-14-19(16,17)9-6-8(2)11(12)10(13)7-9/h6-7,14H,3-5,13H2,1-2H3. The molecular formula is C11H17ClN2O3S2. The molecule has 0 amide bonds. The maximum absolute atomic E-state index is 12.0. The van der Waals surface area contributed by atoms with Gasteiger partial charge in [0.1, 0.15) is 0 Å². The zero-order valence-corrected chi connectivity index (χ0v) is 13.2. The topological polar surface area (TPSA) is 89.3 Å². The van der Waals surface area contributed by atoms with Crippen molar-refractivity contribution in [2.75, 3.05) is 23.8 Å². The van der Waals surface area contributed by atoms with Gasteiger partial charge in [-0.2, -0.15) is 0 Å². The van der Waals surface area contributed by atoms with Gasteiger partial charge in [-0.05, 0) is 24.6 Å². The molecule has 0 saturated carbocycles. The Morgan fingerprint density at radius 3 is 2.58 bits per heavy atom. The van der Waals surface area contributed by atoms with Crippen molar-refractivity contribution in [2.45, 2.75) is 18.7 Å². The molecule has 0 aliphatic heterocycles. The molecule has 1 atom stereocenters. The molecule has 8 heteroatoms. The van der Waals surface area contributed by atoms with E-state index in [0.717, 1.165) is 0 Å². The lowest BCUT2D eigenvalue weighted by Gasteiger charge is -2.09. The van der Waals surface area contributed by atoms with Gasteiger partial charge in [0.05, 0.1) is 15.6 Å². The minimum absolute atomic E-state index is 0.0641. The van der Waals surface area contributed by atoms with Gasteiger partial charge in [-0.25, -0.2) is 13.1 Å². The number of aryl methyl sites for hydroxylation is 1. The Kier molecular flexibility index (Phi) is 5.79. The summed E-state index contributed by atoms with van der Waals surface area (Å²) in [5.41, 5.74) is 6.46. The Morgan fingerprint density at radius 2 is 2.05 bits per heavy atom. The maximum Gasteiger partial charge on any atom is 0.240 e. The van der Waals surface area contributed by atoms with Gasteiger partial charge in [-0.3, -0.25) is 4.21 Å². The number of sulfonamides is 1. The van der Waals surface area contributed by atoms with E-state index in [0.29, 0.717) is 16.3 Å². The number of rotatable bonds is 6. The molecule has 1 rings (SSSR count). The number of hydrogen-bond donors (Lipinski definition) is 2. The van der Waals surface area contributed by atoms with Gasteiger partial charge in [0, 0.05) is 28.9 Å². The SMILES string of the molecule is CCS(=O)CCNS(=O)(=O)c1cc(C)c(Cl)c(N)c1. The average Bonchev–Trinajstić information content (AvgIpc) is 2.34. The molecule has 108 valence electrons. The van der Waals surface area contributed by atoms with Crippen molar-refractivity contribution in [3.05, 3.63) is 22.7 Å². The quantitative estimate of drug-likeness (QED) is 0.771. The molecule has 1 aromatic carbocycles. The summed E-state index contributed by atoms with van der Waals surface area (Å²) in [6.45, 7) is 3.60. The van der Waals surface area contributed by atoms with E-state index >= 15 is 0 Å². The van der Waals surface area contributed by atoms with Gasteiger partial charge in [0.2, 0.25) is 10.0 Å². The number of nitrogens with one attached hydrogen (secondary N) is 1.